The van der Waals surface area contributed by atoms with E-state index in [1.807, 2.05) is 18.2 Å². The molecule has 36 heavy (non-hydrogen) atoms. The molecule has 4 rings (SSSR count). The van der Waals surface area contributed by atoms with Crippen molar-refractivity contribution in [1.29, 1.82) is 0 Å². The number of hydrogen-bond acceptors (Lipinski definition) is 7. The average Bonchev–Trinajstić information content (AvgIpc) is 3.19. The molecule has 0 aliphatic carbocycles. The smallest absolute Gasteiger partial charge is 0.307 e. The Balaban J connectivity index is 1.77. The molecule has 0 fully saturated rings. The SMILES string of the molecule is CCOC(=O)CCn1c(=NC(=O)c2ccccc2Oc2ccccc2)sc2cc(S(N)(=O)=O)ccc21. The fourth-order valence-electron chi connectivity index (χ4n) is 3.46. The molecule has 0 unspecified atom stereocenters. The fraction of sp³-hybridized carbons (Fsp3) is 0.160. The zero-order valence-corrected chi connectivity index (χ0v) is 20.9. The second-order valence-corrected chi connectivity index (χ2v) is 10.2. The predicted octanol–water partition coefficient (Wildman–Crippen LogP) is 3.84. The number of rotatable bonds is 8. The molecule has 11 heteroatoms. The van der Waals surface area contributed by atoms with Gasteiger partial charge in [-0.05, 0) is 49.4 Å². The zero-order chi connectivity index (χ0) is 25.7. The topological polar surface area (TPSA) is 130 Å². The molecule has 0 saturated carbocycles. The summed E-state index contributed by atoms with van der Waals surface area (Å²) in [6.07, 6.45) is 0.0473. The van der Waals surface area contributed by atoms with Gasteiger partial charge in [-0.25, -0.2) is 13.6 Å². The van der Waals surface area contributed by atoms with Crippen LogP contribution in [0.2, 0.25) is 0 Å². The Morgan fingerprint density at radius 2 is 1.75 bits per heavy atom. The van der Waals surface area contributed by atoms with Gasteiger partial charge in [-0.15, -0.1) is 0 Å². The molecule has 1 amide bonds. The highest BCUT2D eigenvalue weighted by Crippen LogP contribution is 2.26. The van der Waals surface area contributed by atoms with Crippen LogP contribution in [-0.2, 0) is 26.1 Å². The predicted molar refractivity (Wildman–Crippen MR) is 135 cm³/mol. The second kappa shape index (κ2) is 10.9. The Morgan fingerprint density at radius 3 is 2.47 bits per heavy atom. The van der Waals surface area contributed by atoms with Crippen molar-refractivity contribution in [2.45, 2.75) is 24.8 Å². The van der Waals surface area contributed by atoms with Crippen LogP contribution in [-0.4, -0.2) is 31.5 Å². The Labute approximate surface area is 211 Å². The normalized spacial score (nSPS) is 12.0. The van der Waals surface area contributed by atoms with Gasteiger partial charge in [0.1, 0.15) is 11.5 Å². The van der Waals surface area contributed by atoms with E-state index >= 15 is 0 Å². The second-order valence-electron chi connectivity index (χ2n) is 7.59. The third kappa shape index (κ3) is 5.88. The lowest BCUT2D eigenvalue weighted by Gasteiger charge is -2.09. The molecular formula is C25H23N3O6S2. The minimum absolute atomic E-state index is 0.0473. The summed E-state index contributed by atoms with van der Waals surface area (Å²) in [7, 11) is -3.92. The van der Waals surface area contributed by atoms with Gasteiger partial charge in [0.25, 0.3) is 5.91 Å². The number of esters is 1. The van der Waals surface area contributed by atoms with Crippen LogP contribution in [0.25, 0.3) is 10.2 Å². The van der Waals surface area contributed by atoms with Crippen LogP contribution in [0.1, 0.15) is 23.7 Å². The van der Waals surface area contributed by atoms with Crippen LogP contribution in [0.5, 0.6) is 11.5 Å². The molecule has 0 atom stereocenters. The van der Waals surface area contributed by atoms with Crippen molar-refractivity contribution in [2.75, 3.05) is 6.61 Å². The maximum Gasteiger partial charge on any atom is 0.307 e. The van der Waals surface area contributed by atoms with Crippen molar-refractivity contribution in [1.82, 2.24) is 4.57 Å². The molecule has 1 heterocycles. The van der Waals surface area contributed by atoms with E-state index in [-0.39, 0.29) is 30.0 Å². The highest BCUT2D eigenvalue weighted by Gasteiger charge is 2.16. The van der Waals surface area contributed by atoms with E-state index in [2.05, 4.69) is 4.99 Å². The number of nitrogens with two attached hydrogens (primary N) is 1. The molecule has 2 N–H and O–H groups in total. The van der Waals surface area contributed by atoms with Gasteiger partial charge < -0.3 is 14.0 Å². The maximum absolute atomic E-state index is 13.3. The Bertz CT molecular complexity index is 1590. The molecule has 0 spiro atoms. The van der Waals surface area contributed by atoms with Crippen molar-refractivity contribution in [3.8, 4) is 11.5 Å². The lowest BCUT2D eigenvalue weighted by molar-refractivity contribution is -0.143. The zero-order valence-electron chi connectivity index (χ0n) is 19.3. The summed E-state index contributed by atoms with van der Waals surface area (Å²) < 4.78 is 36.8. The molecule has 3 aromatic carbocycles. The fourth-order valence-corrected chi connectivity index (χ4v) is 5.17. The summed E-state index contributed by atoms with van der Waals surface area (Å²) >= 11 is 1.11. The van der Waals surface area contributed by atoms with E-state index < -0.39 is 21.9 Å². The Morgan fingerprint density at radius 1 is 1.03 bits per heavy atom. The van der Waals surface area contributed by atoms with Crippen LogP contribution < -0.4 is 14.7 Å². The molecule has 0 bridgehead atoms. The van der Waals surface area contributed by atoms with Crippen molar-refractivity contribution < 1.29 is 27.5 Å². The number of aryl methyl sites for hydroxylation is 1. The van der Waals surface area contributed by atoms with Gasteiger partial charge in [0, 0.05) is 6.54 Å². The van der Waals surface area contributed by atoms with Crippen molar-refractivity contribution >= 4 is 43.5 Å². The number of nitrogens with zero attached hydrogens (tertiary/aromatic N) is 2. The van der Waals surface area contributed by atoms with Crippen molar-refractivity contribution in [2.24, 2.45) is 10.1 Å². The number of thiazole rings is 1. The number of aromatic nitrogens is 1. The number of amides is 1. The first-order valence-corrected chi connectivity index (χ1v) is 13.4. The standard InChI is InChI=1S/C25H23N3O6S2/c1-2-33-23(29)14-15-28-20-13-12-18(36(26,31)32)16-22(20)35-25(28)27-24(30)19-10-6-7-11-21(19)34-17-8-4-3-5-9-17/h3-13,16H,2,14-15H2,1H3,(H2,26,31,32). The molecule has 0 aliphatic heterocycles. The van der Waals surface area contributed by atoms with E-state index in [9.17, 15) is 18.0 Å². The summed E-state index contributed by atoms with van der Waals surface area (Å²) in [6.45, 7) is 2.15. The van der Waals surface area contributed by atoms with E-state index in [4.69, 9.17) is 14.6 Å². The quantitative estimate of drug-likeness (QED) is 0.348. The minimum Gasteiger partial charge on any atom is -0.466 e. The van der Waals surface area contributed by atoms with Crippen LogP contribution in [0.3, 0.4) is 0 Å². The Hall–Kier alpha value is -3.80. The molecule has 0 aliphatic rings. The van der Waals surface area contributed by atoms with Gasteiger partial charge >= 0.3 is 5.97 Å². The molecular weight excluding hydrogens is 502 g/mol. The molecule has 186 valence electrons. The van der Waals surface area contributed by atoms with Gasteiger partial charge in [-0.2, -0.15) is 4.99 Å². The van der Waals surface area contributed by atoms with Crippen LogP contribution in [0, 0.1) is 0 Å². The summed E-state index contributed by atoms with van der Waals surface area (Å²) in [5, 5.41) is 5.28. The highest BCUT2D eigenvalue weighted by atomic mass is 32.2. The minimum atomic E-state index is -3.92. The van der Waals surface area contributed by atoms with Gasteiger partial charge in [0.2, 0.25) is 10.0 Å². The molecule has 0 saturated heterocycles. The van der Waals surface area contributed by atoms with Crippen LogP contribution in [0.4, 0.5) is 0 Å². The monoisotopic (exact) mass is 525 g/mol. The van der Waals surface area contributed by atoms with Crippen molar-refractivity contribution in [3.05, 3.63) is 83.2 Å². The van der Waals surface area contributed by atoms with E-state index in [1.165, 1.54) is 12.1 Å². The number of carbonyl (C=O) groups is 2. The van der Waals surface area contributed by atoms with Crippen LogP contribution in [0.15, 0.2) is 82.7 Å². The van der Waals surface area contributed by atoms with E-state index in [1.54, 1.807) is 54.0 Å². The van der Waals surface area contributed by atoms with E-state index in [0.29, 0.717) is 26.5 Å². The van der Waals surface area contributed by atoms with Gasteiger partial charge in [0.05, 0.1) is 33.7 Å². The Kier molecular flexibility index (Phi) is 7.63. The number of hydrogen-bond donors (Lipinski definition) is 1. The maximum atomic E-state index is 13.3. The number of ether oxygens (including phenoxy) is 2. The summed E-state index contributed by atoms with van der Waals surface area (Å²) in [6, 6.07) is 20.2. The summed E-state index contributed by atoms with van der Waals surface area (Å²) in [5.74, 6) is -0.0400. The molecule has 9 nitrogen and oxygen atoms in total. The first-order chi connectivity index (χ1) is 17.3. The summed E-state index contributed by atoms with van der Waals surface area (Å²) in [5.41, 5.74) is 0.859. The van der Waals surface area contributed by atoms with Gasteiger partial charge in [0.15, 0.2) is 4.80 Å². The summed E-state index contributed by atoms with van der Waals surface area (Å²) in [4.78, 5) is 29.8. The molecule has 1 aromatic heterocycles. The number of sulfonamides is 1. The largest absolute Gasteiger partial charge is 0.466 e. The third-order valence-corrected chi connectivity index (χ3v) is 7.07. The lowest BCUT2D eigenvalue weighted by atomic mass is 10.2. The molecule has 4 aromatic rings. The van der Waals surface area contributed by atoms with Crippen LogP contribution >= 0.6 is 11.3 Å². The average molecular weight is 526 g/mol. The first-order valence-electron chi connectivity index (χ1n) is 11.0. The molecule has 0 radical (unpaired) electrons. The highest BCUT2D eigenvalue weighted by molar-refractivity contribution is 7.89. The number of fused-ring (bicyclic) bond motifs is 1. The number of carbonyl (C=O) groups excluding carboxylic acids is 2. The van der Waals surface area contributed by atoms with Gasteiger partial charge in [-0.1, -0.05) is 41.7 Å². The van der Waals surface area contributed by atoms with Crippen molar-refractivity contribution in [3.63, 3.8) is 0 Å². The third-order valence-electron chi connectivity index (χ3n) is 5.11. The van der Waals surface area contributed by atoms with E-state index in [0.717, 1.165) is 11.3 Å². The lowest BCUT2D eigenvalue weighted by Crippen LogP contribution is -2.19. The van der Waals surface area contributed by atoms with Gasteiger partial charge in [-0.3, -0.25) is 9.59 Å². The number of benzene rings is 3. The first kappa shape index (κ1) is 25.3. The number of primary sulfonamides is 1. The number of para-hydroxylation sites is 2.